The Hall–Kier alpha value is -1.55. The summed E-state index contributed by atoms with van der Waals surface area (Å²) >= 11 is 0. The van der Waals surface area contributed by atoms with Gasteiger partial charge in [-0.05, 0) is 42.4 Å². The highest BCUT2D eigenvalue weighted by molar-refractivity contribution is 5.76. The van der Waals surface area contributed by atoms with Gasteiger partial charge in [-0.15, -0.1) is 0 Å². The lowest BCUT2D eigenvalue weighted by Gasteiger charge is -2.24. The summed E-state index contributed by atoms with van der Waals surface area (Å²) in [5, 5.41) is 11.8. The van der Waals surface area contributed by atoms with Gasteiger partial charge in [-0.1, -0.05) is 26.0 Å². The van der Waals surface area contributed by atoms with Crippen LogP contribution in [0, 0.1) is 5.41 Å². The molecule has 112 valence electrons. The fourth-order valence-electron chi connectivity index (χ4n) is 2.01. The molecule has 0 unspecified atom stereocenters. The van der Waals surface area contributed by atoms with Gasteiger partial charge in [0.25, 0.3) is 0 Å². The molecule has 1 aromatic carbocycles. The van der Waals surface area contributed by atoms with Crippen molar-refractivity contribution in [1.29, 1.82) is 0 Å². The second-order valence-corrected chi connectivity index (χ2v) is 6.01. The van der Waals surface area contributed by atoms with Crippen molar-refractivity contribution >= 4 is 11.6 Å². The fourth-order valence-corrected chi connectivity index (χ4v) is 2.01. The minimum absolute atomic E-state index is 0.0274. The van der Waals surface area contributed by atoms with Crippen LogP contribution in [-0.4, -0.2) is 24.2 Å². The Kier molecular flexibility index (Phi) is 6.52. The zero-order chi connectivity index (χ0) is 15.0. The number of aryl methyl sites for hydroxylation is 1. The smallest absolute Gasteiger partial charge is 0.220 e. The first kappa shape index (κ1) is 16.5. The summed E-state index contributed by atoms with van der Waals surface area (Å²) in [5.41, 5.74) is 7.51. The summed E-state index contributed by atoms with van der Waals surface area (Å²) in [5.74, 6) is 0.0684. The highest BCUT2D eigenvalue weighted by Gasteiger charge is 2.18. The Bertz CT molecular complexity index is 413. The summed E-state index contributed by atoms with van der Waals surface area (Å²) in [6, 6.07) is 7.61. The van der Waals surface area contributed by atoms with E-state index >= 15 is 0 Å². The maximum Gasteiger partial charge on any atom is 0.220 e. The number of carbonyl (C=O) groups excluding carboxylic acids is 1. The molecular weight excluding hydrogens is 252 g/mol. The molecule has 0 radical (unpaired) electrons. The third kappa shape index (κ3) is 6.57. The summed E-state index contributed by atoms with van der Waals surface area (Å²) < 4.78 is 0. The van der Waals surface area contributed by atoms with Gasteiger partial charge in [0.05, 0.1) is 0 Å². The van der Waals surface area contributed by atoms with Gasteiger partial charge in [0.15, 0.2) is 0 Å². The minimum atomic E-state index is 0.0274. The van der Waals surface area contributed by atoms with E-state index in [1.165, 1.54) is 0 Å². The first-order valence-electron chi connectivity index (χ1n) is 7.15. The maximum atomic E-state index is 11.8. The van der Waals surface area contributed by atoms with E-state index in [1.54, 1.807) is 0 Å². The van der Waals surface area contributed by atoms with E-state index in [-0.39, 0.29) is 17.9 Å². The van der Waals surface area contributed by atoms with Gasteiger partial charge in [0.1, 0.15) is 0 Å². The minimum Gasteiger partial charge on any atom is -0.399 e. The van der Waals surface area contributed by atoms with E-state index in [2.05, 4.69) is 19.2 Å². The summed E-state index contributed by atoms with van der Waals surface area (Å²) in [6.45, 7) is 5.05. The first-order valence-corrected chi connectivity index (χ1v) is 7.15. The molecule has 0 aliphatic rings. The molecular formula is C16H26N2O2. The lowest BCUT2D eigenvalue weighted by atomic mass is 9.88. The molecule has 20 heavy (non-hydrogen) atoms. The van der Waals surface area contributed by atoms with Crippen molar-refractivity contribution in [1.82, 2.24) is 5.32 Å². The predicted octanol–water partition coefficient (Wildman–Crippen LogP) is 2.12. The van der Waals surface area contributed by atoms with Crippen molar-refractivity contribution in [3.63, 3.8) is 0 Å². The van der Waals surface area contributed by atoms with Gasteiger partial charge in [-0.25, -0.2) is 0 Å². The maximum absolute atomic E-state index is 11.8. The van der Waals surface area contributed by atoms with Crippen molar-refractivity contribution in [3.8, 4) is 0 Å². The molecule has 0 heterocycles. The molecule has 1 rings (SSSR count). The standard InChI is InChI=1S/C16H26N2O2/c1-16(2,10-3-11-19)12-18-15(20)9-6-13-4-7-14(17)8-5-13/h4-5,7-8,19H,3,6,9-12,17H2,1-2H3,(H,18,20). The number of rotatable bonds is 8. The topological polar surface area (TPSA) is 75.3 Å². The molecule has 1 amide bonds. The molecule has 0 fully saturated rings. The SMILES string of the molecule is CC(C)(CCCO)CNC(=O)CCc1ccc(N)cc1. The van der Waals surface area contributed by atoms with Crippen molar-refractivity contribution in [2.45, 2.75) is 39.5 Å². The van der Waals surface area contributed by atoms with Gasteiger partial charge >= 0.3 is 0 Å². The number of nitrogens with one attached hydrogen (secondary N) is 1. The molecule has 4 nitrogen and oxygen atoms in total. The average Bonchev–Trinajstić information content (AvgIpc) is 2.42. The Labute approximate surface area is 121 Å². The second kappa shape index (κ2) is 7.90. The number of nitrogens with two attached hydrogens (primary N) is 1. The quantitative estimate of drug-likeness (QED) is 0.638. The van der Waals surface area contributed by atoms with Crippen LogP contribution in [0.15, 0.2) is 24.3 Å². The largest absolute Gasteiger partial charge is 0.399 e. The number of hydrogen-bond donors (Lipinski definition) is 3. The highest BCUT2D eigenvalue weighted by Crippen LogP contribution is 2.20. The number of carbonyl (C=O) groups is 1. The lowest BCUT2D eigenvalue weighted by Crippen LogP contribution is -2.34. The molecule has 1 aromatic rings. The Balaban J connectivity index is 2.28. The Morgan fingerprint density at radius 3 is 2.55 bits per heavy atom. The van der Waals surface area contributed by atoms with Crippen molar-refractivity contribution < 1.29 is 9.90 Å². The summed E-state index contributed by atoms with van der Waals surface area (Å²) in [6.07, 6.45) is 2.89. The normalized spacial score (nSPS) is 11.3. The summed E-state index contributed by atoms with van der Waals surface area (Å²) in [4.78, 5) is 11.8. The number of hydrogen-bond acceptors (Lipinski definition) is 3. The molecule has 0 saturated carbocycles. The zero-order valence-electron chi connectivity index (χ0n) is 12.5. The first-order chi connectivity index (χ1) is 9.43. The molecule has 0 aliphatic heterocycles. The third-order valence-corrected chi connectivity index (χ3v) is 3.40. The number of nitrogen functional groups attached to an aromatic ring is 1. The lowest BCUT2D eigenvalue weighted by molar-refractivity contribution is -0.121. The molecule has 0 atom stereocenters. The van der Waals surface area contributed by atoms with Crippen LogP contribution in [0.25, 0.3) is 0 Å². The van der Waals surface area contributed by atoms with Crippen molar-refractivity contribution in [3.05, 3.63) is 29.8 Å². The van der Waals surface area contributed by atoms with Crippen LogP contribution in [-0.2, 0) is 11.2 Å². The number of amides is 1. The van der Waals surface area contributed by atoms with E-state index in [0.717, 1.165) is 30.5 Å². The number of anilines is 1. The molecule has 0 aromatic heterocycles. The predicted molar refractivity (Wildman–Crippen MR) is 82.3 cm³/mol. The molecule has 0 spiro atoms. The number of aliphatic hydroxyl groups is 1. The molecule has 0 bridgehead atoms. The summed E-state index contributed by atoms with van der Waals surface area (Å²) in [7, 11) is 0. The van der Waals surface area contributed by atoms with Crippen LogP contribution in [0.1, 0.15) is 38.7 Å². The van der Waals surface area contributed by atoms with E-state index in [9.17, 15) is 4.79 Å². The molecule has 4 heteroatoms. The van der Waals surface area contributed by atoms with E-state index in [0.29, 0.717) is 13.0 Å². The van der Waals surface area contributed by atoms with Gasteiger partial charge in [-0.3, -0.25) is 4.79 Å². The van der Waals surface area contributed by atoms with Crippen molar-refractivity contribution in [2.24, 2.45) is 5.41 Å². The zero-order valence-corrected chi connectivity index (χ0v) is 12.5. The van der Waals surface area contributed by atoms with Gasteiger partial charge in [0.2, 0.25) is 5.91 Å². The van der Waals surface area contributed by atoms with Crippen LogP contribution in [0.5, 0.6) is 0 Å². The van der Waals surface area contributed by atoms with Crippen LogP contribution in [0.3, 0.4) is 0 Å². The van der Waals surface area contributed by atoms with E-state index < -0.39 is 0 Å². The monoisotopic (exact) mass is 278 g/mol. The van der Waals surface area contributed by atoms with Crippen molar-refractivity contribution in [2.75, 3.05) is 18.9 Å². The van der Waals surface area contributed by atoms with Gasteiger partial charge < -0.3 is 16.2 Å². The van der Waals surface area contributed by atoms with Gasteiger partial charge in [0, 0.05) is 25.3 Å². The molecule has 4 N–H and O–H groups in total. The second-order valence-electron chi connectivity index (χ2n) is 6.01. The molecule has 0 aliphatic carbocycles. The average molecular weight is 278 g/mol. The van der Waals surface area contributed by atoms with Crippen LogP contribution < -0.4 is 11.1 Å². The Morgan fingerprint density at radius 2 is 1.95 bits per heavy atom. The van der Waals surface area contributed by atoms with Gasteiger partial charge in [-0.2, -0.15) is 0 Å². The van der Waals surface area contributed by atoms with E-state index in [4.69, 9.17) is 10.8 Å². The third-order valence-electron chi connectivity index (χ3n) is 3.40. The van der Waals surface area contributed by atoms with Crippen LogP contribution >= 0.6 is 0 Å². The molecule has 0 saturated heterocycles. The van der Waals surface area contributed by atoms with E-state index in [1.807, 2.05) is 24.3 Å². The van der Waals surface area contributed by atoms with Crippen LogP contribution in [0.4, 0.5) is 5.69 Å². The number of aliphatic hydroxyl groups excluding tert-OH is 1. The fraction of sp³-hybridized carbons (Fsp3) is 0.562. The number of benzene rings is 1. The van der Waals surface area contributed by atoms with Crippen LogP contribution in [0.2, 0.25) is 0 Å². The Morgan fingerprint density at radius 1 is 1.30 bits per heavy atom. The highest BCUT2D eigenvalue weighted by atomic mass is 16.2.